The van der Waals surface area contributed by atoms with Crippen molar-refractivity contribution < 1.29 is 0 Å². The summed E-state index contributed by atoms with van der Waals surface area (Å²) >= 11 is 0. The summed E-state index contributed by atoms with van der Waals surface area (Å²) in [7, 11) is 0. The molecule has 0 spiro atoms. The van der Waals surface area contributed by atoms with E-state index in [9.17, 15) is 10.5 Å². The van der Waals surface area contributed by atoms with Gasteiger partial charge in [-0.05, 0) is 17.5 Å². The number of hydrogen-bond donors (Lipinski definition) is 0. The number of benzene rings is 2. The Morgan fingerprint density at radius 2 is 0.864 bits per heavy atom. The van der Waals surface area contributed by atoms with Gasteiger partial charge in [-0.15, -0.1) is 0 Å². The molecule has 6 nitrogen and oxygen atoms in total. The second-order valence-electron chi connectivity index (χ2n) is 4.12. The van der Waals surface area contributed by atoms with Crippen LogP contribution in [0.5, 0.6) is 0 Å². The molecule has 0 heterocycles. The van der Waals surface area contributed by atoms with E-state index in [0.29, 0.717) is 5.39 Å². The molecular formula is C16H2N6. The van der Waals surface area contributed by atoms with Gasteiger partial charge in [-0.1, -0.05) is 0 Å². The van der Waals surface area contributed by atoms with E-state index in [1.165, 1.54) is 12.1 Å². The fourth-order valence-electron chi connectivity index (χ4n) is 2.21. The molecule has 0 aliphatic rings. The lowest BCUT2D eigenvalue weighted by molar-refractivity contribution is 1.39. The third-order valence-electron chi connectivity index (χ3n) is 3.12. The van der Waals surface area contributed by atoms with E-state index in [0.717, 1.165) is 0 Å². The van der Waals surface area contributed by atoms with E-state index >= 15 is 0 Å². The zero-order chi connectivity index (χ0) is 16.3. The van der Waals surface area contributed by atoms with Gasteiger partial charge in [-0.3, -0.25) is 0 Å². The third kappa shape index (κ3) is 1.76. The van der Waals surface area contributed by atoms with Gasteiger partial charge in [0.2, 0.25) is 0 Å². The van der Waals surface area contributed by atoms with Crippen LogP contribution in [0.15, 0.2) is 12.1 Å². The molecule has 2 aromatic carbocycles. The van der Waals surface area contributed by atoms with Gasteiger partial charge in [0, 0.05) is 5.39 Å². The van der Waals surface area contributed by atoms with E-state index in [4.69, 9.17) is 21.0 Å². The van der Waals surface area contributed by atoms with Gasteiger partial charge in [0.05, 0.1) is 33.4 Å². The van der Waals surface area contributed by atoms with Gasteiger partial charge in [0.1, 0.15) is 36.4 Å². The molecular weight excluding hydrogens is 276 g/mol. The zero-order valence-electron chi connectivity index (χ0n) is 10.8. The summed E-state index contributed by atoms with van der Waals surface area (Å²) in [5.41, 5.74) is -0.638. The first-order valence-electron chi connectivity index (χ1n) is 5.75. The third-order valence-corrected chi connectivity index (χ3v) is 3.12. The van der Waals surface area contributed by atoms with E-state index in [1.807, 2.05) is 24.3 Å². The Bertz CT molecular complexity index is 998. The van der Waals surface area contributed by atoms with Crippen LogP contribution in [0.1, 0.15) is 33.4 Å². The molecule has 22 heavy (non-hydrogen) atoms. The Morgan fingerprint density at radius 3 is 1.14 bits per heavy atom. The topological polar surface area (TPSA) is 143 Å². The highest BCUT2D eigenvalue weighted by Gasteiger charge is 2.20. The SMILES string of the molecule is N#Cc1cc2cc(C#N)c(C#N)c(C#N)c2c(C#N)c1C#N. The van der Waals surface area contributed by atoms with E-state index in [-0.39, 0.29) is 38.8 Å². The van der Waals surface area contributed by atoms with E-state index < -0.39 is 0 Å². The van der Waals surface area contributed by atoms with Crippen molar-refractivity contribution in [3.05, 3.63) is 45.5 Å². The van der Waals surface area contributed by atoms with E-state index in [2.05, 4.69) is 0 Å². The second-order valence-corrected chi connectivity index (χ2v) is 4.12. The molecule has 2 rings (SSSR count). The quantitative estimate of drug-likeness (QED) is 0.721. The number of hydrogen-bond acceptors (Lipinski definition) is 6. The van der Waals surface area contributed by atoms with E-state index in [1.54, 1.807) is 12.1 Å². The fourth-order valence-corrected chi connectivity index (χ4v) is 2.21. The first-order valence-corrected chi connectivity index (χ1v) is 5.75. The molecule has 0 atom stereocenters. The Morgan fingerprint density at radius 1 is 0.500 bits per heavy atom. The molecule has 0 fully saturated rings. The predicted molar refractivity (Wildman–Crippen MR) is 72.2 cm³/mol. The smallest absolute Gasteiger partial charge is 0.102 e. The van der Waals surface area contributed by atoms with Crippen LogP contribution in [0.25, 0.3) is 10.8 Å². The summed E-state index contributed by atoms with van der Waals surface area (Å²) in [6.07, 6.45) is 0. The molecule has 0 amide bonds. The van der Waals surface area contributed by atoms with Crippen molar-refractivity contribution >= 4 is 10.8 Å². The lowest BCUT2D eigenvalue weighted by atomic mass is 9.89. The Kier molecular flexibility index (Phi) is 3.40. The molecule has 0 radical (unpaired) electrons. The normalized spacial score (nSPS) is 8.64. The van der Waals surface area contributed by atoms with Crippen molar-refractivity contribution in [2.45, 2.75) is 0 Å². The molecule has 0 saturated carbocycles. The summed E-state index contributed by atoms with van der Waals surface area (Å²) in [5.74, 6) is 0. The van der Waals surface area contributed by atoms with Crippen molar-refractivity contribution in [2.24, 2.45) is 0 Å². The van der Waals surface area contributed by atoms with Crippen molar-refractivity contribution in [3.8, 4) is 36.4 Å². The summed E-state index contributed by atoms with van der Waals surface area (Å²) in [5, 5.41) is 55.5. The average Bonchev–Trinajstić information content (AvgIpc) is 2.57. The first-order chi connectivity index (χ1) is 10.7. The monoisotopic (exact) mass is 278 g/mol. The molecule has 6 heteroatoms. The highest BCUT2D eigenvalue weighted by atomic mass is 14.3. The molecule has 0 saturated heterocycles. The maximum Gasteiger partial charge on any atom is 0.102 e. The summed E-state index contributed by atoms with van der Waals surface area (Å²) in [4.78, 5) is 0. The molecule has 0 aliphatic carbocycles. The Hall–Kier alpha value is -4.36. The number of rotatable bonds is 0. The van der Waals surface area contributed by atoms with Crippen LogP contribution in [-0.4, -0.2) is 0 Å². The van der Waals surface area contributed by atoms with Crippen molar-refractivity contribution in [1.29, 1.82) is 31.6 Å². The summed E-state index contributed by atoms with van der Waals surface area (Å²) in [6, 6.07) is 13.5. The molecule has 0 bridgehead atoms. The minimum atomic E-state index is -0.150. The van der Waals surface area contributed by atoms with Gasteiger partial charge in [0.15, 0.2) is 0 Å². The zero-order valence-corrected chi connectivity index (χ0v) is 10.8. The van der Waals surface area contributed by atoms with Crippen LogP contribution in [0.2, 0.25) is 0 Å². The van der Waals surface area contributed by atoms with Gasteiger partial charge in [0.25, 0.3) is 0 Å². The summed E-state index contributed by atoms with van der Waals surface area (Å²) < 4.78 is 0. The van der Waals surface area contributed by atoms with Gasteiger partial charge >= 0.3 is 0 Å². The lowest BCUT2D eigenvalue weighted by Crippen LogP contribution is -1.99. The molecule has 0 aliphatic heterocycles. The number of nitrogens with zero attached hydrogens (tertiary/aromatic N) is 6. The highest BCUT2D eigenvalue weighted by molar-refractivity contribution is 5.98. The number of fused-ring (bicyclic) bond motifs is 1. The van der Waals surface area contributed by atoms with Gasteiger partial charge < -0.3 is 0 Å². The minimum absolute atomic E-state index is 0.0240. The van der Waals surface area contributed by atoms with Crippen LogP contribution in [-0.2, 0) is 0 Å². The molecule has 96 valence electrons. The largest absolute Gasteiger partial charge is 0.192 e. The molecule has 0 aromatic heterocycles. The average molecular weight is 278 g/mol. The van der Waals surface area contributed by atoms with Crippen molar-refractivity contribution in [1.82, 2.24) is 0 Å². The summed E-state index contributed by atoms with van der Waals surface area (Å²) in [6.45, 7) is 0. The Labute approximate surface area is 125 Å². The standard InChI is InChI=1S/C16H2N6/c17-3-10-1-9-2-11(4-18)13(6-20)15(8-22)16(9)14(7-21)12(10)5-19/h1-2H. The maximum atomic E-state index is 9.31. The van der Waals surface area contributed by atoms with Crippen molar-refractivity contribution in [2.75, 3.05) is 0 Å². The van der Waals surface area contributed by atoms with Crippen LogP contribution in [0.3, 0.4) is 0 Å². The lowest BCUT2D eigenvalue weighted by Gasteiger charge is -2.08. The van der Waals surface area contributed by atoms with Crippen LogP contribution in [0.4, 0.5) is 0 Å². The van der Waals surface area contributed by atoms with Crippen molar-refractivity contribution in [3.63, 3.8) is 0 Å². The number of nitriles is 6. The molecule has 2 aromatic rings. The van der Waals surface area contributed by atoms with Crippen LogP contribution < -0.4 is 0 Å². The van der Waals surface area contributed by atoms with Crippen LogP contribution >= 0.6 is 0 Å². The molecule has 0 N–H and O–H groups in total. The van der Waals surface area contributed by atoms with Gasteiger partial charge in [-0.25, -0.2) is 0 Å². The molecule has 0 unspecified atom stereocenters. The second kappa shape index (κ2) is 5.33. The fraction of sp³-hybridized carbons (Fsp3) is 0. The highest BCUT2D eigenvalue weighted by Crippen LogP contribution is 2.31. The maximum absolute atomic E-state index is 9.31. The minimum Gasteiger partial charge on any atom is -0.192 e. The van der Waals surface area contributed by atoms with Gasteiger partial charge in [-0.2, -0.15) is 31.6 Å². The predicted octanol–water partition coefficient (Wildman–Crippen LogP) is 2.07. The Balaban J connectivity index is 3.28. The first kappa shape index (κ1) is 14.1. The van der Waals surface area contributed by atoms with Crippen LogP contribution in [0, 0.1) is 68.0 Å².